The molecule has 1 aliphatic carbocycles. The summed E-state index contributed by atoms with van der Waals surface area (Å²) in [6, 6.07) is 25.8. The number of carbonyl (C=O) groups excluding carboxylic acids is 2. The Balaban J connectivity index is 1.32. The van der Waals surface area contributed by atoms with E-state index in [0.717, 1.165) is 49.9 Å². The van der Waals surface area contributed by atoms with Gasteiger partial charge in [-0.2, -0.15) is 0 Å². The van der Waals surface area contributed by atoms with Crippen molar-refractivity contribution < 1.29 is 14.3 Å². The Kier molecular flexibility index (Phi) is 5.94. The molecule has 2 aliphatic rings. The molecule has 0 bridgehead atoms. The SMILES string of the molecule is COc1ccc(-c2cccc(C(=O)N3CCc4cc(C(=O)CC5CC5)sc4-c4ccccc43)c2)cc1. The van der Waals surface area contributed by atoms with Gasteiger partial charge in [-0.1, -0.05) is 42.5 Å². The van der Waals surface area contributed by atoms with E-state index < -0.39 is 0 Å². The van der Waals surface area contributed by atoms with Gasteiger partial charge in [0.2, 0.25) is 0 Å². The number of anilines is 1. The fourth-order valence-corrected chi connectivity index (χ4v) is 6.09. The van der Waals surface area contributed by atoms with Gasteiger partial charge in [0.05, 0.1) is 17.7 Å². The predicted molar refractivity (Wildman–Crippen MR) is 145 cm³/mol. The zero-order valence-corrected chi connectivity index (χ0v) is 21.0. The zero-order chi connectivity index (χ0) is 24.6. The lowest BCUT2D eigenvalue weighted by atomic mass is 10.0. The lowest BCUT2D eigenvalue weighted by Gasteiger charge is -2.23. The first-order chi connectivity index (χ1) is 17.6. The molecule has 0 N–H and O–H groups in total. The van der Waals surface area contributed by atoms with Gasteiger partial charge in [-0.25, -0.2) is 0 Å². The maximum atomic E-state index is 13.8. The molecule has 36 heavy (non-hydrogen) atoms. The number of amides is 1. The third kappa shape index (κ3) is 4.35. The molecular formula is C31H27NO3S. The lowest BCUT2D eigenvalue weighted by molar-refractivity contribution is 0.0974. The number of benzene rings is 3. The van der Waals surface area contributed by atoms with Crippen LogP contribution in [0.1, 0.15) is 44.9 Å². The molecule has 1 aliphatic heterocycles. The monoisotopic (exact) mass is 493 g/mol. The van der Waals surface area contributed by atoms with Gasteiger partial charge in [0.1, 0.15) is 5.75 Å². The summed E-state index contributed by atoms with van der Waals surface area (Å²) in [5.41, 5.74) is 5.77. The summed E-state index contributed by atoms with van der Waals surface area (Å²) in [7, 11) is 1.65. The van der Waals surface area contributed by atoms with Crippen molar-refractivity contribution in [3.63, 3.8) is 0 Å². The molecular weight excluding hydrogens is 466 g/mol. The van der Waals surface area contributed by atoms with Crippen molar-refractivity contribution in [2.24, 2.45) is 5.92 Å². The molecule has 180 valence electrons. The molecule has 0 radical (unpaired) electrons. The molecule has 1 fully saturated rings. The normalized spacial score (nSPS) is 14.5. The van der Waals surface area contributed by atoms with Crippen molar-refractivity contribution in [2.75, 3.05) is 18.6 Å². The number of ether oxygens (including phenoxy) is 1. The summed E-state index contributed by atoms with van der Waals surface area (Å²) < 4.78 is 5.27. The van der Waals surface area contributed by atoms with E-state index in [4.69, 9.17) is 4.74 Å². The second kappa shape index (κ2) is 9.40. The van der Waals surface area contributed by atoms with Gasteiger partial charge in [0.15, 0.2) is 5.78 Å². The topological polar surface area (TPSA) is 46.6 Å². The molecule has 3 aromatic carbocycles. The van der Waals surface area contributed by atoms with Crippen molar-refractivity contribution in [3.05, 3.63) is 94.9 Å². The standard InChI is InChI=1S/C31H27NO3S/c1-35-25-13-11-21(12-14-25)22-5-4-6-24(18-22)31(34)32-16-15-23-19-29(28(33)17-20-9-10-20)36-30(23)26-7-2-3-8-27(26)32/h2-8,11-14,18-20H,9-10,15-17H2,1H3. The van der Waals surface area contributed by atoms with Crippen LogP contribution in [-0.2, 0) is 6.42 Å². The van der Waals surface area contributed by atoms with E-state index in [0.29, 0.717) is 24.4 Å². The van der Waals surface area contributed by atoms with Gasteiger partial charge < -0.3 is 9.64 Å². The molecule has 4 nitrogen and oxygen atoms in total. The van der Waals surface area contributed by atoms with Gasteiger partial charge in [-0.15, -0.1) is 11.3 Å². The van der Waals surface area contributed by atoms with Crippen LogP contribution in [0.4, 0.5) is 5.69 Å². The van der Waals surface area contributed by atoms with Crippen LogP contribution in [0.3, 0.4) is 0 Å². The van der Waals surface area contributed by atoms with Gasteiger partial charge in [-0.05, 0) is 78.3 Å². The van der Waals surface area contributed by atoms with Crippen LogP contribution in [0.25, 0.3) is 21.6 Å². The molecule has 1 saturated carbocycles. The fraction of sp³-hybridized carbons (Fsp3) is 0.226. The van der Waals surface area contributed by atoms with Crippen LogP contribution in [0, 0.1) is 5.92 Å². The van der Waals surface area contributed by atoms with Gasteiger partial charge in [0, 0.05) is 29.0 Å². The Labute approximate surface area is 215 Å². The van der Waals surface area contributed by atoms with Crippen LogP contribution in [0.5, 0.6) is 5.75 Å². The van der Waals surface area contributed by atoms with E-state index in [1.54, 1.807) is 18.4 Å². The Morgan fingerprint density at radius 2 is 1.75 bits per heavy atom. The first kappa shape index (κ1) is 22.7. The third-order valence-electron chi connectivity index (χ3n) is 7.08. The van der Waals surface area contributed by atoms with E-state index in [2.05, 4.69) is 12.1 Å². The van der Waals surface area contributed by atoms with Crippen LogP contribution in [0.2, 0.25) is 0 Å². The van der Waals surface area contributed by atoms with Crippen molar-refractivity contribution in [3.8, 4) is 27.3 Å². The molecule has 5 heteroatoms. The highest BCUT2D eigenvalue weighted by Crippen LogP contribution is 2.43. The molecule has 4 aromatic rings. The number of carbonyl (C=O) groups is 2. The van der Waals surface area contributed by atoms with Crippen molar-refractivity contribution in [2.45, 2.75) is 25.7 Å². The van der Waals surface area contributed by atoms with E-state index in [1.165, 1.54) is 12.8 Å². The third-order valence-corrected chi connectivity index (χ3v) is 8.33. The van der Waals surface area contributed by atoms with Crippen LogP contribution in [0.15, 0.2) is 78.9 Å². The molecule has 0 unspecified atom stereocenters. The number of thiophene rings is 1. The van der Waals surface area contributed by atoms with Crippen LogP contribution < -0.4 is 9.64 Å². The number of methoxy groups -OCH3 is 1. The van der Waals surface area contributed by atoms with E-state index in [-0.39, 0.29) is 11.7 Å². The maximum absolute atomic E-state index is 13.8. The first-order valence-corrected chi connectivity index (χ1v) is 13.2. The minimum absolute atomic E-state index is 0.0157. The van der Waals surface area contributed by atoms with E-state index >= 15 is 0 Å². The number of fused-ring (bicyclic) bond motifs is 3. The average Bonchev–Trinajstić information content (AvgIpc) is 3.67. The summed E-state index contributed by atoms with van der Waals surface area (Å²) in [5, 5.41) is 0. The summed E-state index contributed by atoms with van der Waals surface area (Å²) in [4.78, 5) is 30.5. The number of hydrogen-bond acceptors (Lipinski definition) is 4. The molecule has 1 amide bonds. The number of para-hydroxylation sites is 1. The average molecular weight is 494 g/mol. The highest BCUT2D eigenvalue weighted by molar-refractivity contribution is 7.17. The second-order valence-electron chi connectivity index (χ2n) is 9.57. The number of rotatable bonds is 6. The number of ketones is 1. The largest absolute Gasteiger partial charge is 0.497 e. The number of hydrogen-bond donors (Lipinski definition) is 0. The molecule has 1 aromatic heterocycles. The van der Waals surface area contributed by atoms with Crippen LogP contribution in [-0.4, -0.2) is 25.3 Å². The minimum atomic E-state index is -0.0157. The number of Topliss-reactive ketones (excluding diaryl/α,β-unsaturated/α-hetero) is 1. The predicted octanol–water partition coefficient (Wildman–Crippen LogP) is 7.28. The van der Waals surface area contributed by atoms with Gasteiger partial charge >= 0.3 is 0 Å². The zero-order valence-electron chi connectivity index (χ0n) is 20.2. The van der Waals surface area contributed by atoms with Crippen molar-refractivity contribution >= 4 is 28.7 Å². The molecule has 0 atom stereocenters. The Hall–Kier alpha value is -3.70. The maximum Gasteiger partial charge on any atom is 0.258 e. The highest BCUT2D eigenvalue weighted by atomic mass is 32.1. The quantitative estimate of drug-likeness (QED) is 0.265. The highest BCUT2D eigenvalue weighted by Gasteiger charge is 2.29. The first-order valence-electron chi connectivity index (χ1n) is 12.4. The molecule has 0 saturated heterocycles. The fourth-order valence-electron chi connectivity index (χ4n) is 4.90. The summed E-state index contributed by atoms with van der Waals surface area (Å²) in [6.07, 6.45) is 3.74. The van der Waals surface area contributed by atoms with Gasteiger partial charge in [-0.3, -0.25) is 9.59 Å². The molecule has 2 heterocycles. The molecule has 6 rings (SSSR count). The van der Waals surface area contributed by atoms with E-state index in [1.807, 2.05) is 71.6 Å². The number of nitrogens with zero attached hydrogens (tertiary/aromatic N) is 1. The smallest absolute Gasteiger partial charge is 0.258 e. The van der Waals surface area contributed by atoms with E-state index in [9.17, 15) is 9.59 Å². The summed E-state index contributed by atoms with van der Waals surface area (Å²) in [5.74, 6) is 1.62. The Morgan fingerprint density at radius 1 is 0.944 bits per heavy atom. The summed E-state index contributed by atoms with van der Waals surface area (Å²) in [6.45, 7) is 0.572. The Bertz CT molecular complexity index is 1450. The van der Waals surface area contributed by atoms with Gasteiger partial charge in [0.25, 0.3) is 5.91 Å². The molecule has 0 spiro atoms. The van der Waals surface area contributed by atoms with Crippen LogP contribution >= 0.6 is 11.3 Å². The lowest BCUT2D eigenvalue weighted by Crippen LogP contribution is -2.32. The Morgan fingerprint density at radius 3 is 2.53 bits per heavy atom. The summed E-state index contributed by atoms with van der Waals surface area (Å²) >= 11 is 1.58. The van der Waals surface area contributed by atoms with Crippen molar-refractivity contribution in [1.29, 1.82) is 0 Å². The minimum Gasteiger partial charge on any atom is -0.497 e. The second-order valence-corrected chi connectivity index (χ2v) is 10.6. The van der Waals surface area contributed by atoms with Crippen molar-refractivity contribution in [1.82, 2.24) is 0 Å².